The van der Waals surface area contributed by atoms with Crippen LogP contribution in [0.4, 0.5) is 5.69 Å². The Morgan fingerprint density at radius 2 is 2.07 bits per heavy atom. The lowest BCUT2D eigenvalue weighted by Crippen LogP contribution is -2.38. The Morgan fingerprint density at radius 3 is 2.90 bits per heavy atom. The van der Waals surface area contributed by atoms with E-state index in [9.17, 15) is 4.79 Å². The molecule has 0 fully saturated rings. The van der Waals surface area contributed by atoms with E-state index in [-0.39, 0.29) is 12.5 Å². The lowest BCUT2D eigenvalue weighted by Gasteiger charge is -2.30. The molecule has 1 aliphatic heterocycles. The number of hydrogen-bond donors (Lipinski definition) is 1. The molecule has 144 valence electrons. The maximum Gasteiger partial charge on any atom is 0.262 e. The summed E-state index contributed by atoms with van der Waals surface area (Å²) in [4.78, 5) is 14.2. The van der Waals surface area contributed by atoms with Crippen LogP contribution in [0.5, 0.6) is 0 Å². The van der Waals surface area contributed by atoms with E-state index in [2.05, 4.69) is 20.8 Å². The Labute approximate surface area is 171 Å². The van der Waals surface area contributed by atoms with Crippen LogP contribution in [-0.4, -0.2) is 37.6 Å². The highest BCUT2D eigenvalue weighted by molar-refractivity contribution is 8.02. The largest absolute Gasteiger partial charge is 0.340 e. The molecule has 1 aliphatic rings. The van der Waals surface area contributed by atoms with Gasteiger partial charge in [-0.25, -0.2) is 0 Å². The van der Waals surface area contributed by atoms with Gasteiger partial charge in [0.2, 0.25) is 5.16 Å². The van der Waals surface area contributed by atoms with Crippen molar-refractivity contribution in [2.75, 3.05) is 11.9 Å². The summed E-state index contributed by atoms with van der Waals surface area (Å²) in [6, 6.07) is 15.3. The van der Waals surface area contributed by atoms with E-state index in [1.807, 2.05) is 50.2 Å². The van der Waals surface area contributed by atoms with E-state index >= 15 is 0 Å². The summed E-state index contributed by atoms with van der Waals surface area (Å²) >= 11 is 1.27. The number of fused-ring (bicyclic) bond motifs is 1. The number of aromatic nitrogens is 4. The van der Waals surface area contributed by atoms with Crippen molar-refractivity contribution in [1.82, 2.24) is 25.1 Å². The summed E-state index contributed by atoms with van der Waals surface area (Å²) in [7, 11) is 0. The van der Waals surface area contributed by atoms with Crippen LogP contribution in [0.1, 0.15) is 21.5 Å². The Balaban J connectivity index is 1.68. The molecule has 3 aromatic rings. The third-order valence-corrected chi connectivity index (χ3v) is 5.30. The minimum atomic E-state index is -0.220. The monoisotopic (exact) mass is 403 g/mol. The molecule has 4 rings (SSSR count). The van der Waals surface area contributed by atoms with Crippen molar-refractivity contribution in [2.24, 2.45) is 0 Å². The van der Waals surface area contributed by atoms with E-state index in [4.69, 9.17) is 5.26 Å². The molecule has 0 saturated carbocycles. The van der Waals surface area contributed by atoms with Crippen LogP contribution < -0.4 is 5.32 Å². The van der Waals surface area contributed by atoms with Crippen molar-refractivity contribution in [3.63, 3.8) is 0 Å². The lowest BCUT2D eigenvalue weighted by molar-refractivity contribution is 0.0818. The number of nitriles is 1. The molecular formula is C20H17N7OS. The topological polar surface area (TPSA) is 99.7 Å². The number of rotatable bonds is 4. The smallest absolute Gasteiger partial charge is 0.262 e. The highest BCUT2D eigenvalue weighted by Gasteiger charge is 2.27. The molecule has 0 unspecified atom stereocenters. The second-order valence-corrected chi connectivity index (χ2v) is 7.34. The highest BCUT2D eigenvalue weighted by Crippen LogP contribution is 2.30. The number of anilines is 1. The van der Waals surface area contributed by atoms with Crippen LogP contribution >= 0.6 is 11.8 Å². The Hall–Kier alpha value is -3.64. The van der Waals surface area contributed by atoms with Crippen LogP contribution in [0.3, 0.4) is 0 Å². The van der Waals surface area contributed by atoms with Gasteiger partial charge in [-0.2, -0.15) is 9.94 Å². The molecule has 29 heavy (non-hydrogen) atoms. The van der Waals surface area contributed by atoms with Gasteiger partial charge in [-0.3, -0.25) is 9.69 Å². The SMILES string of the molecule is Cc1ccc(C)c(-n2nnnc2S/C=C2/Nc3ccccc3C(=O)N2CC#N)c1. The first-order chi connectivity index (χ1) is 14.1. The summed E-state index contributed by atoms with van der Waals surface area (Å²) in [6.45, 7) is 3.95. The van der Waals surface area contributed by atoms with Crippen LogP contribution in [0.25, 0.3) is 5.69 Å². The summed E-state index contributed by atoms with van der Waals surface area (Å²) in [6.07, 6.45) is 0. The van der Waals surface area contributed by atoms with E-state index in [1.165, 1.54) is 16.7 Å². The number of aryl methyl sites for hydroxylation is 2. The molecule has 1 N–H and O–H groups in total. The van der Waals surface area contributed by atoms with Crippen molar-refractivity contribution in [3.8, 4) is 11.8 Å². The van der Waals surface area contributed by atoms with Gasteiger partial charge in [0.1, 0.15) is 12.4 Å². The van der Waals surface area contributed by atoms with Crippen molar-refractivity contribution < 1.29 is 4.79 Å². The molecule has 1 aromatic heterocycles. The first-order valence-electron chi connectivity index (χ1n) is 8.86. The van der Waals surface area contributed by atoms with Crippen molar-refractivity contribution in [3.05, 3.63) is 70.4 Å². The number of benzene rings is 2. The predicted molar refractivity (Wildman–Crippen MR) is 109 cm³/mol. The van der Waals surface area contributed by atoms with Gasteiger partial charge < -0.3 is 5.32 Å². The molecule has 0 bridgehead atoms. The van der Waals surface area contributed by atoms with E-state index in [0.29, 0.717) is 22.2 Å². The minimum Gasteiger partial charge on any atom is -0.340 e. The molecule has 0 radical (unpaired) electrons. The highest BCUT2D eigenvalue weighted by atomic mass is 32.2. The number of tetrazole rings is 1. The fourth-order valence-electron chi connectivity index (χ4n) is 3.02. The number of hydrogen-bond acceptors (Lipinski definition) is 7. The van der Waals surface area contributed by atoms with Gasteiger partial charge in [0.05, 0.1) is 23.0 Å². The van der Waals surface area contributed by atoms with Crippen molar-refractivity contribution in [1.29, 1.82) is 5.26 Å². The maximum atomic E-state index is 12.8. The molecular weight excluding hydrogens is 386 g/mol. The average Bonchev–Trinajstić information content (AvgIpc) is 3.19. The number of nitrogens with zero attached hydrogens (tertiary/aromatic N) is 6. The molecule has 9 heteroatoms. The standard InChI is InChI=1S/C20H17N7OS/c1-13-7-8-14(2)17(11-13)27-20(23-24-25-27)29-12-18-22-16-6-4-3-5-15(16)19(28)26(18)10-9-21/h3-8,11-12,22H,10H2,1-2H3/b18-12-. The Morgan fingerprint density at radius 1 is 1.24 bits per heavy atom. The number of carbonyl (C=O) groups is 1. The number of nitrogens with one attached hydrogen (secondary N) is 1. The van der Waals surface area contributed by atoms with E-state index in [0.717, 1.165) is 16.8 Å². The number of thioether (sulfide) groups is 1. The van der Waals surface area contributed by atoms with Crippen LogP contribution in [0, 0.1) is 25.2 Å². The van der Waals surface area contributed by atoms with E-state index < -0.39 is 0 Å². The van der Waals surface area contributed by atoms with Crippen LogP contribution in [0.15, 0.2) is 58.9 Å². The van der Waals surface area contributed by atoms with E-state index in [1.54, 1.807) is 22.2 Å². The summed E-state index contributed by atoms with van der Waals surface area (Å²) in [5.74, 6) is 0.289. The first-order valence-corrected chi connectivity index (χ1v) is 9.74. The lowest BCUT2D eigenvalue weighted by atomic mass is 10.1. The molecule has 1 amide bonds. The predicted octanol–water partition coefficient (Wildman–Crippen LogP) is 3.26. The molecule has 0 saturated heterocycles. The molecule has 0 spiro atoms. The second-order valence-electron chi connectivity index (χ2n) is 6.50. The van der Waals surface area contributed by atoms with Gasteiger partial charge in [-0.1, -0.05) is 36.0 Å². The quantitative estimate of drug-likeness (QED) is 0.527. The van der Waals surface area contributed by atoms with Gasteiger partial charge in [0, 0.05) is 5.41 Å². The Bertz CT molecular complexity index is 1160. The second kappa shape index (κ2) is 7.77. The van der Waals surface area contributed by atoms with Gasteiger partial charge in [0.15, 0.2) is 0 Å². The van der Waals surface area contributed by atoms with Gasteiger partial charge in [-0.15, -0.1) is 5.10 Å². The van der Waals surface area contributed by atoms with Crippen molar-refractivity contribution in [2.45, 2.75) is 19.0 Å². The molecule has 2 aromatic carbocycles. The Kier molecular flexibility index (Phi) is 5.01. The summed E-state index contributed by atoms with van der Waals surface area (Å²) < 4.78 is 1.66. The minimum absolute atomic E-state index is 0.0610. The summed E-state index contributed by atoms with van der Waals surface area (Å²) in [5, 5.41) is 26.7. The average molecular weight is 403 g/mol. The fourth-order valence-corrected chi connectivity index (χ4v) is 3.74. The normalized spacial score (nSPS) is 14.4. The molecule has 2 heterocycles. The van der Waals surface area contributed by atoms with Gasteiger partial charge in [0.25, 0.3) is 5.91 Å². The summed E-state index contributed by atoms with van der Waals surface area (Å²) in [5.41, 5.74) is 4.27. The fraction of sp³-hybridized carbons (Fsp3) is 0.150. The van der Waals surface area contributed by atoms with Gasteiger partial charge >= 0.3 is 0 Å². The maximum absolute atomic E-state index is 12.8. The zero-order valence-corrected chi connectivity index (χ0v) is 16.6. The first kappa shape index (κ1) is 18.7. The number of carbonyl (C=O) groups excluding carboxylic acids is 1. The van der Waals surface area contributed by atoms with Crippen molar-refractivity contribution >= 4 is 23.4 Å². The number of amides is 1. The van der Waals surface area contributed by atoms with Gasteiger partial charge in [-0.05, 0) is 53.6 Å². The van der Waals surface area contributed by atoms with Crippen LogP contribution in [-0.2, 0) is 0 Å². The number of para-hydroxylation sites is 1. The zero-order valence-electron chi connectivity index (χ0n) is 15.8. The molecule has 0 aliphatic carbocycles. The third kappa shape index (κ3) is 3.58. The third-order valence-electron chi connectivity index (χ3n) is 4.49. The molecule has 0 atom stereocenters. The van der Waals surface area contributed by atoms with Crippen LogP contribution in [0.2, 0.25) is 0 Å². The zero-order chi connectivity index (χ0) is 20.4. The molecule has 8 nitrogen and oxygen atoms in total.